The van der Waals surface area contributed by atoms with Gasteiger partial charge in [-0.3, -0.25) is 4.98 Å². The first-order valence-corrected chi connectivity index (χ1v) is 9.13. The molecule has 2 heterocycles. The van der Waals surface area contributed by atoms with Crippen molar-refractivity contribution in [2.24, 2.45) is 0 Å². The minimum Gasteiger partial charge on any atom is -0.399 e. The van der Waals surface area contributed by atoms with Crippen LogP contribution in [-0.2, 0) is 10.0 Å². The van der Waals surface area contributed by atoms with Crippen molar-refractivity contribution in [2.45, 2.75) is 4.90 Å². The minimum absolute atomic E-state index is 0.152. The normalized spacial score (nSPS) is 11.7. The smallest absolute Gasteiger partial charge is 0.269 e. The molecule has 6 heteroatoms. The second-order valence-electron chi connectivity index (χ2n) is 5.67. The largest absolute Gasteiger partial charge is 0.399 e. The standard InChI is InChI=1S/C19H15N3O2S/c20-15-9-7-14(8-10-15)18-13-22(19-6-2-1-5-17(18)19)25(23,24)16-4-3-11-21-12-16/h1-13H,20H2. The molecule has 0 fully saturated rings. The van der Waals surface area contributed by atoms with Gasteiger partial charge in [0.2, 0.25) is 0 Å². The lowest BCUT2D eigenvalue weighted by Crippen LogP contribution is -2.11. The number of aromatic nitrogens is 2. The Balaban J connectivity index is 1.99. The van der Waals surface area contributed by atoms with Crippen LogP contribution in [0.3, 0.4) is 0 Å². The Hall–Kier alpha value is -3.12. The summed E-state index contributed by atoms with van der Waals surface area (Å²) in [6, 6.07) is 18.0. The molecule has 25 heavy (non-hydrogen) atoms. The number of fused-ring (bicyclic) bond motifs is 1. The maximum Gasteiger partial charge on any atom is 0.269 e. The highest BCUT2D eigenvalue weighted by Crippen LogP contribution is 2.33. The van der Waals surface area contributed by atoms with E-state index in [1.165, 1.54) is 10.2 Å². The van der Waals surface area contributed by atoms with E-state index >= 15 is 0 Å². The van der Waals surface area contributed by atoms with E-state index in [0.29, 0.717) is 11.2 Å². The van der Waals surface area contributed by atoms with E-state index < -0.39 is 10.0 Å². The summed E-state index contributed by atoms with van der Waals surface area (Å²) in [6.45, 7) is 0. The van der Waals surface area contributed by atoms with Gasteiger partial charge in [-0.15, -0.1) is 0 Å². The molecule has 5 nitrogen and oxygen atoms in total. The number of nitrogens with zero attached hydrogens (tertiary/aromatic N) is 2. The van der Waals surface area contributed by atoms with Gasteiger partial charge in [0.1, 0.15) is 4.90 Å². The first kappa shape index (κ1) is 15.4. The summed E-state index contributed by atoms with van der Waals surface area (Å²) in [5.41, 5.74) is 8.79. The SMILES string of the molecule is Nc1ccc(-c2cn(S(=O)(=O)c3cccnc3)c3ccccc23)cc1. The molecule has 0 aliphatic carbocycles. The second-order valence-corrected chi connectivity index (χ2v) is 7.49. The third kappa shape index (κ3) is 2.56. The number of pyridine rings is 1. The van der Waals surface area contributed by atoms with Crippen molar-refractivity contribution in [1.82, 2.24) is 8.96 Å². The molecule has 2 N–H and O–H groups in total. The maximum absolute atomic E-state index is 13.0. The van der Waals surface area contributed by atoms with E-state index in [1.807, 2.05) is 30.3 Å². The maximum atomic E-state index is 13.0. The van der Waals surface area contributed by atoms with Crippen LogP contribution in [0.1, 0.15) is 0 Å². The fourth-order valence-electron chi connectivity index (χ4n) is 2.85. The molecule has 0 spiro atoms. The molecular weight excluding hydrogens is 334 g/mol. The van der Waals surface area contributed by atoms with E-state index in [9.17, 15) is 8.42 Å². The molecule has 0 amide bonds. The number of nitrogen functional groups attached to an aromatic ring is 1. The molecule has 0 saturated carbocycles. The van der Waals surface area contributed by atoms with Crippen molar-refractivity contribution in [1.29, 1.82) is 0 Å². The first-order chi connectivity index (χ1) is 12.1. The van der Waals surface area contributed by atoms with Crippen molar-refractivity contribution >= 4 is 26.6 Å². The summed E-state index contributed by atoms with van der Waals surface area (Å²) >= 11 is 0. The summed E-state index contributed by atoms with van der Waals surface area (Å²) in [7, 11) is -3.73. The van der Waals surface area contributed by atoms with E-state index in [1.54, 1.807) is 42.7 Å². The number of para-hydroxylation sites is 1. The molecule has 0 aliphatic rings. The van der Waals surface area contributed by atoms with Crippen molar-refractivity contribution in [3.8, 4) is 11.1 Å². The van der Waals surface area contributed by atoms with E-state index in [4.69, 9.17) is 5.73 Å². The zero-order valence-electron chi connectivity index (χ0n) is 13.2. The molecule has 4 aromatic rings. The molecule has 4 rings (SSSR count). The van der Waals surface area contributed by atoms with Gasteiger partial charge in [-0.25, -0.2) is 12.4 Å². The third-order valence-electron chi connectivity index (χ3n) is 4.09. The zero-order valence-corrected chi connectivity index (χ0v) is 14.0. The van der Waals surface area contributed by atoms with Gasteiger partial charge in [0.25, 0.3) is 10.0 Å². The Morgan fingerprint density at radius 2 is 1.68 bits per heavy atom. The summed E-state index contributed by atoms with van der Waals surface area (Å²) in [5, 5.41) is 0.861. The second kappa shape index (κ2) is 5.75. The Kier molecular flexibility index (Phi) is 3.54. The fourth-order valence-corrected chi connectivity index (χ4v) is 4.19. The summed E-state index contributed by atoms with van der Waals surface area (Å²) in [4.78, 5) is 4.08. The Morgan fingerprint density at radius 1 is 0.920 bits per heavy atom. The highest BCUT2D eigenvalue weighted by Gasteiger charge is 2.21. The summed E-state index contributed by atoms with van der Waals surface area (Å²) < 4.78 is 27.4. The quantitative estimate of drug-likeness (QED) is 0.574. The van der Waals surface area contributed by atoms with Gasteiger partial charge in [0, 0.05) is 35.2 Å². The lowest BCUT2D eigenvalue weighted by atomic mass is 10.0. The highest BCUT2D eigenvalue weighted by atomic mass is 32.2. The average molecular weight is 349 g/mol. The zero-order chi connectivity index (χ0) is 17.4. The van der Waals surface area contributed by atoms with Gasteiger partial charge in [0.05, 0.1) is 5.52 Å². The minimum atomic E-state index is -3.73. The molecule has 0 radical (unpaired) electrons. The van der Waals surface area contributed by atoms with Gasteiger partial charge in [-0.05, 0) is 35.9 Å². The first-order valence-electron chi connectivity index (χ1n) is 7.69. The summed E-state index contributed by atoms with van der Waals surface area (Å²) in [6.07, 6.45) is 4.55. The molecule has 2 aromatic carbocycles. The monoisotopic (exact) mass is 349 g/mol. The number of nitrogens with two attached hydrogens (primary N) is 1. The Morgan fingerprint density at radius 3 is 2.40 bits per heavy atom. The molecular formula is C19H15N3O2S. The summed E-state index contributed by atoms with van der Waals surface area (Å²) in [5.74, 6) is 0. The van der Waals surface area contributed by atoms with Crippen LogP contribution in [0.5, 0.6) is 0 Å². The van der Waals surface area contributed by atoms with E-state index in [-0.39, 0.29) is 4.90 Å². The fraction of sp³-hybridized carbons (Fsp3) is 0. The molecule has 0 unspecified atom stereocenters. The van der Waals surface area contributed by atoms with Crippen molar-refractivity contribution in [2.75, 3.05) is 5.73 Å². The van der Waals surface area contributed by atoms with Crippen LogP contribution in [0, 0.1) is 0 Å². The highest BCUT2D eigenvalue weighted by molar-refractivity contribution is 7.90. The molecule has 0 bridgehead atoms. The topological polar surface area (TPSA) is 78.0 Å². The van der Waals surface area contributed by atoms with Crippen molar-refractivity contribution < 1.29 is 8.42 Å². The van der Waals surface area contributed by atoms with Crippen LogP contribution in [0.2, 0.25) is 0 Å². The van der Waals surface area contributed by atoms with Gasteiger partial charge in [-0.1, -0.05) is 30.3 Å². The average Bonchev–Trinajstić information content (AvgIpc) is 3.04. The van der Waals surface area contributed by atoms with Crippen LogP contribution < -0.4 is 5.73 Å². The number of hydrogen-bond acceptors (Lipinski definition) is 4. The van der Waals surface area contributed by atoms with Crippen LogP contribution >= 0.6 is 0 Å². The van der Waals surface area contributed by atoms with Gasteiger partial charge in [-0.2, -0.15) is 0 Å². The van der Waals surface area contributed by atoms with Crippen LogP contribution in [0.15, 0.2) is 84.1 Å². The van der Waals surface area contributed by atoms with Gasteiger partial charge >= 0.3 is 0 Å². The van der Waals surface area contributed by atoms with Crippen LogP contribution in [0.25, 0.3) is 22.0 Å². The van der Waals surface area contributed by atoms with Crippen LogP contribution in [-0.4, -0.2) is 17.4 Å². The van der Waals surface area contributed by atoms with Gasteiger partial charge < -0.3 is 5.73 Å². The molecule has 0 aliphatic heterocycles. The number of benzene rings is 2. The van der Waals surface area contributed by atoms with Crippen LogP contribution in [0.4, 0.5) is 5.69 Å². The van der Waals surface area contributed by atoms with E-state index in [2.05, 4.69) is 4.98 Å². The number of anilines is 1. The molecule has 2 aromatic heterocycles. The molecule has 124 valence electrons. The molecule has 0 atom stereocenters. The predicted molar refractivity (Wildman–Crippen MR) is 98.6 cm³/mol. The van der Waals surface area contributed by atoms with Crippen molar-refractivity contribution in [3.05, 3.63) is 79.3 Å². The predicted octanol–water partition coefficient (Wildman–Crippen LogP) is 3.52. The Bertz CT molecular complexity index is 1150. The third-order valence-corrected chi connectivity index (χ3v) is 5.75. The van der Waals surface area contributed by atoms with Crippen molar-refractivity contribution in [3.63, 3.8) is 0 Å². The van der Waals surface area contributed by atoms with E-state index in [0.717, 1.165) is 16.5 Å². The molecule has 0 saturated heterocycles. The lowest BCUT2D eigenvalue weighted by Gasteiger charge is -2.06. The lowest BCUT2D eigenvalue weighted by molar-refractivity contribution is 0.588. The van der Waals surface area contributed by atoms with Gasteiger partial charge in [0.15, 0.2) is 0 Å². The Labute approximate surface area is 145 Å². The number of hydrogen-bond donors (Lipinski definition) is 1. The number of rotatable bonds is 3.